The number of halogens is 2. The van der Waals surface area contributed by atoms with E-state index in [1.807, 2.05) is 6.92 Å². The molecule has 0 aliphatic rings. The van der Waals surface area contributed by atoms with E-state index in [2.05, 4.69) is 15.6 Å². The Morgan fingerprint density at radius 2 is 2.00 bits per heavy atom. The van der Waals surface area contributed by atoms with Crippen molar-refractivity contribution in [3.63, 3.8) is 0 Å². The average molecular weight is 291 g/mol. The van der Waals surface area contributed by atoms with Gasteiger partial charge in [0.25, 0.3) is 0 Å². The summed E-state index contributed by atoms with van der Waals surface area (Å²) in [6, 6.07) is 0.712. The third-order valence-electron chi connectivity index (χ3n) is 2.50. The van der Waals surface area contributed by atoms with Gasteiger partial charge in [-0.15, -0.1) is 0 Å². The predicted octanol–water partition coefficient (Wildman–Crippen LogP) is 2.36. The molecule has 19 heavy (non-hydrogen) atoms. The molecule has 0 saturated heterocycles. The third kappa shape index (κ3) is 5.10. The van der Waals surface area contributed by atoms with Crippen LogP contribution in [0.2, 0.25) is 0 Å². The van der Waals surface area contributed by atoms with Gasteiger partial charge in [0.15, 0.2) is 23.3 Å². The fourth-order valence-corrected chi connectivity index (χ4v) is 2.19. The van der Waals surface area contributed by atoms with Gasteiger partial charge in [0.05, 0.1) is 0 Å². The lowest BCUT2D eigenvalue weighted by Crippen LogP contribution is -2.20. The fourth-order valence-electron chi connectivity index (χ4n) is 1.51. The van der Waals surface area contributed by atoms with Crippen molar-refractivity contribution in [3.8, 4) is 0 Å². The maximum atomic E-state index is 13.6. The molecule has 2 unspecified atom stereocenters. The van der Waals surface area contributed by atoms with E-state index in [0.29, 0.717) is 18.7 Å². The van der Waals surface area contributed by atoms with Crippen molar-refractivity contribution in [2.45, 2.75) is 26.3 Å². The Hall–Kier alpha value is -1.24. The first-order chi connectivity index (χ1) is 8.93. The number of anilines is 2. The Kier molecular flexibility index (Phi) is 6.14. The molecule has 2 atom stereocenters. The van der Waals surface area contributed by atoms with Gasteiger partial charge in [-0.25, -0.2) is 13.8 Å². The maximum absolute atomic E-state index is 13.6. The summed E-state index contributed by atoms with van der Waals surface area (Å²) in [7, 11) is -0.887. The molecule has 0 saturated carbocycles. The molecule has 0 bridgehead atoms. The second-order valence-electron chi connectivity index (χ2n) is 4.29. The van der Waals surface area contributed by atoms with E-state index in [0.717, 1.165) is 6.07 Å². The Morgan fingerprint density at radius 1 is 1.37 bits per heavy atom. The minimum atomic E-state index is -0.887. The van der Waals surface area contributed by atoms with Gasteiger partial charge in [0.2, 0.25) is 0 Å². The molecule has 7 heteroatoms. The van der Waals surface area contributed by atoms with Crippen molar-refractivity contribution in [3.05, 3.63) is 17.7 Å². The normalized spacial score (nSPS) is 13.9. The number of nitrogens with one attached hydrogen (secondary N) is 2. The number of aromatic nitrogens is 1. The van der Waals surface area contributed by atoms with Gasteiger partial charge in [-0.05, 0) is 20.3 Å². The molecule has 1 rings (SSSR count). The first kappa shape index (κ1) is 15.8. The van der Waals surface area contributed by atoms with Crippen LogP contribution in [-0.4, -0.2) is 33.8 Å². The number of hydrogen-bond acceptors (Lipinski definition) is 4. The molecule has 0 fully saturated rings. The number of nitrogens with zero attached hydrogens (tertiary/aromatic N) is 1. The van der Waals surface area contributed by atoms with Crippen molar-refractivity contribution in [2.24, 2.45) is 0 Å². The smallest absolute Gasteiger partial charge is 0.168 e. The number of pyridine rings is 1. The highest BCUT2D eigenvalue weighted by atomic mass is 32.2. The van der Waals surface area contributed by atoms with Gasteiger partial charge < -0.3 is 10.6 Å². The number of hydrogen-bond donors (Lipinski definition) is 2. The molecule has 0 amide bonds. The molecular weight excluding hydrogens is 272 g/mol. The summed E-state index contributed by atoms with van der Waals surface area (Å²) >= 11 is 0. The van der Waals surface area contributed by atoms with E-state index >= 15 is 0 Å². The van der Waals surface area contributed by atoms with E-state index in [1.165, 1.54) is 0 Å². The van der Waals surface area contributed by atoms with Crippen LogP contribution in [0.5, 0.6) is 0 Å². The zero-order valence-corrected chi connectivity index (χ0v) is 12.1. The summed E-state index contributed by atoms with van der Waals surface area (Å²) in [5, 5.41) is 5.59. The fraction of sp³-hybridized carbons (Fsp3) is 0.583. The topological polar surface area (TPSA) is 54.0 Å². The minimum absolute atomic E-state index is 0.00624. The van der Waals surface area contributed by atoms with Gasteiger partial charge in [-0.1, -0.05) is 0 Å². The second-order valence-corrected chi connectivity index (χ2v) is 5.85. The van der Waals surface area contributed by atoms with E-state index in [4.69, 9.17) is 0 Å². The van der Waals surface area contributed by atoms with Gasteiger partial charge in [-0.2, -0.15) is 0 Å². The van der Waals surface area contributed by atoms with Crippen LogP contribution in [-0.2, 0) is 10.8 Å². The Labute approximate surface area is 114 Å². The maximum Gasteiger partial charge on any atom is 0.168 e. The average Bonchev–Trinajstić information content (AvgIpc) is 2.33. The van der Waals surface area contributed by atoms with Gasteiger partial charge in [0.1, 0.15) is 0 Å². The van der Waals surface area contributed by atoms with E-state index in [9.17, 15) is 13.0 Å². The van der Waals surface area contributed by atoms with Crippen LogP contribution in [0.4, 0.5) is 20.4 Å². The molecular formula is C12H19F2N3OS. The summed E-state index contributed by atoms with van der Waals surface area (Å²) in [5.41, 5.74) is 0. The molecule has 0 aromatic carbocycles. The molecule has 4 nitrogen and oxygen atoms in total. The lowest BCUT2D eigenvalue weighted by atomic mass is 10.2. The molecule has 0 spiro atoms. The van der Waals surface area contributed by atoms with Gasteiger partial charge in [-0.3, -0.25) is 4.21 Å². The molecule has 1 aromatic rings. The molecule has 108 valence electrons. The highest BCUT2D eigenvalue weighted by Gasteiger charge is 2.13. The summed E-state index contributed by atoms with van der Waals surface area (Å²) in [6.45, 7) is 4.14. The summed E-state index contributed by atoms with van der Waals surface area (Å²) in [4.78, 5) is 3.88. The Balaban J connectivity index is 2.76. The monoisotopic (exact) mass is 291 g/mol. The van der Waals surface area contributed by atoms with E-state index in [-0.39, 0.29) is 17.7 Å². The predicted molar refractivity (Wildman–Crippen MR) is 75.0 cm³/mol. The van der Waals surface area contributed by atoms with Crippen LogP contribution >= 0.6 is 0 Å². The lowest BCUT2D eigenvalue weighted by Gasteiger charge is -2.15. The molecule has 0 aliphatic heterocycles. The number of rotatable bonds is 7. The minimum Gasteiger partial charge on any atom is -0.368 e. The second kappa shape index (κ2) is 7.37. The highest BCUT2D eigenvalue weighted by Crippen LogP contribution is 2.19. The van der Waals surface area contributed by atoms with Gasteiger partial charge in [0, 0.05) is 41.5 Å². The molecule has 1 heterocycles. The zero-order chi connectivity index (χ0) is 14.4. The molecule has 0 radical (unpaired) electrons. The van der Waals surface area contributed by atoms with Gasteiger partial charge >= 0.3 is 0 Å². The van der Waals surface area contributed by atoms with Crippen molar-refractivity contribution in [2.75, 3.05) is 29.2 Å². The Bertz CT molecular complexity index is 457. The van der Waals surface area contributed by atoms with Crippen molar-refractivity contribution < 1.29 is 13.0 Å². The summed E-state index contributed by atoms with van der Waals surface area (Å²) < 4.78 is 37.9. The van der Waals surface area contributed by atoms with Crippen molar-refractivity contribution >= 4 is 22.4 Å². The molecule has 1 aromatic heterocycles. The molecule has 0 aliphatic carbocycles. The van der Waals surface area contributed by atoms with Crippen molar-refractivity contribution in [1.29, 1.82) is 0 Å². The zero-order valence-electron chi connectivity index (χ0n) is 11.3. The van der Waals surface area contributed by atoms with Crippen LogP contribution in [0.1, 0.15) is 20.3 Å². The van der Waals surface area contributed by atoms with Crippen LogP contribution in [0.3, 0.4) is 0 Å². The van der Waals surface area contributed by atoms with Crippen LogP contribution in [0.15, 0.2) is 6.07 Å². The van der Waals surface area contributed by atoms with Crippen molar-refractivity contribution in [1.82, 2.24) is 4.98 Å². The molecule has 2 N–H and O–H groups in total. The first-order valence-electron chi connectivity index (χ1n) is 6.10. The van der Waals surface area contributed by atoms with Crippen LogP contribution < -0.4 is 10.6 Å². The lowest BCUT2D eigenvalue weighted by molar-refractivity contribution is 0.575. The SMILES string of the molecule is CCNc1nc(NC(C)CCS(C)=O)c(F)cc1F. The quantitative estimate of drug-likeness (QED) is 0.810. The first-order valence-corrected chi connectivity index (χ1v) is 7.83. The third-order valence-corrected chi connectivity index (χ3v) is 3.31. The largest absolute Gasteiger partial charge is 0.368 e. The highest BCUT2D eigenvalue weighted by molar-refractivity contribution is 7.84. The van der Waals surface area contributed by atoms with E-state index < -0.39 is 22.4 Å². The summed E-state index contributed by atoms with van der Waals surface area (Å²) in [6.07, 6.45) is 2.24. The Morgan fingerprint density at radius 3 is 2.58 bits per heavy atom. The summed E-state index contributed by atoms with van der Waals surface area (Å²) in [5.74, 6) is -0.892. The van der Waals surface area contributed by atoms with Crippen LogP contribution in [0, 0.1) is 11.6 Å². The standard InChI is InChI=1S/C12H19F2N3OS/c1-4-15-11-9(13)7-10(14)12(17-11)16-8(2)5-6-19(3)18/h7-8H,4-6H2,1-3H3,(H2,15,16,17). The van der Waals surface area contributed by atoms with E-state index in [1.54, 1.807) is 13.2 Å². The van der Waals surface area contributed by atoms with Crippen LogP contribution in [0.25, 0.3) is 0 Å².